The van der Waals surface area contributed by atoms with Gasteiger partial charge in [-0.25, -0.2) is 9.37 Å². The maximum Gasteiger partial charge on any atom is 0.166 e. The number of anilines is 1. The first-order valence-corrected chi connectivity index (χ1v) is 5.16. The molecular formula is C10H14ClFN2. The van der Waals surface area contributed by atoms with Crippen molar-refractivity contribution in [3.05, 3.63) is 23.1 Å². The molecule has 2 nitrogen and oxygen atoms in total. The van der Waals surface area contributed by atoms with Crippen LogP contribution in [0.5, 0.6) is 0 Å². The van der Waals surface area contributed by atoms with Gasteiger partial charge in [-0.1, -0.05) is 31.4 Å². The van der Waals surface area contributed by atoms with Crippen molar-refractivity contribution in [3.8, 4) is 0 Å². The SMILES string of the molecule is CCCCCNc1ncc(Cl)cc1F. The first-order valence-electron chi connectivity index (χ1n) is 4.79. The Balaban J connectivity index is 2.42. The minimum Gasteiger partial charge on any atom is -0.368 e. The van der Waals surface area contributed by atoms with E-state index >= 15 is 0 Å². The molecule has 0 saturated heterocycles. The summed E-state index contributed by atoms with van der Waals surface area (Å²) in [5.41, 5.74) is 0. The molecule has 0 atom stereocenters. The second-order valence-corrected chi connectivity index (χ2v) is 3.55. The van der Waals surface area contributed by atoms with E-state index in [9.17, 15) is 4.39 Å². The molecule has 1 aromatic heterocycles. The highest BCUT2D eigenvalue weighted by Gasteiger charge is 2.02. The van der Waals surface area contributed by atoms with Crippen molar-refractivity contribution in [2.75, 3.05) is 11.9 Å². The summed E-state index contributed by atoms with van der Waals surface area (Å²) in [6, 6.07) is 1.26. The molecule has 0 aliphatic heterocycles. The van der Waals surface area contributed by atoms with Crippen molar-refractivity contribution >= 4 is 17.4 Å². The summed E-state index contributed by atoms with van der Waals surface area (Å²) in [4.78, 5) is 3.86. The van der Waals surface area contributed by atoms with E-state index < -0.39 is 5.82 Å². The largest absolute Gasteiger partial charge is 0.368 e. The molecule has 1 aromatic rings. The van der Waals surface area contributed by atoms with Gasteiger partial charge in [0.05, 0.1) is 5.02 Å². The van der Waals surface area contributed by atoms with Crippen molar-refractivity contribution in [2.45, 2.75) is 26.2 Å². The van der Waals surface area contributed by atoms with Crippen molar-refractivity contribution in [1.29, 1.82) is 0 Å². The van der Waals surface area contributed by atoms with Crippen LogP contribution in [0.25, 0.3) is 0 Å². The van der Waals surface area contributed by atoms with Gasteiger partial charge in [0.25, 0.3) is 0 Å². The summed E-state index contributed by atoms with van der Waals surface area (Å²) in [7, 11) is 0. The summed E-state index contributed by atoms with van der Waals surface area (Å²) in [5.74, 6) is -0.112. The minimum atomic E-state index is -0.394. The molecule has 0 unspecified atom stereocenters. The van der Waals surface area contributed by atoms with Crippen LogP contribution < -0.4 is 5.32 Å². The Kier molecular flexibility index (Phi) is 4.66. The quantitative estimate of drug-likeness (QED) is 0.763. The smallest absolute Gasteiger partial charge is 0.166 e. The number of halogens is 2. The lowest BCUT2D eigenvalue weighted by Crippen LogP contribution is -2.05. The van der Waals surface area contributed by atoms with E-state index in [0.29, 0.717) is 5.02 Å². The average molecular weight is 217 g/mol. The number of hydrogen-bond acceptors (Lipinski definition) is 2. The Labute approximate surface area is 88.5 Å². The van der Waals surface area contributed by atoms with Gasteiger partial charge < -0.3 is 5.32 Å². The van der Waals surface area contributed by atoms with Gasteiger partial charge in [0, 0.05) is 12.7 Å². The van der Waals surface area contributed by atoms with E-state index in [4.69, 9.17) is 11.6 Å². The molecule has 4 heteroatoms. The minimum absolute atomic E-state index is 0.283. The maximum absolute atomic E-state index is 13.2. The molecule has 1 N–H and O–H groups in total. The Morgan fingerprint density at radius 2 is 2.29 bits per heavy atom. The van der Waals surface area contributed by atoms with Gasteiger partial charge in [-0.05, 0) is 12.5 Å². The van der Waals surface area contributed by atoms with Crippen LogP contribution in [0.3, 0.4) is 0 Å². The lowest BCUT2D eigenvalue weighted by molar-refractivity contribution is 0.622. The summed E-state index contributed by atoms with van der Waals surface area (Å²) < 4.78 is 13.2. The fraction of sp³-hybridized carbons (Fsp3) is 0.500. The molecule has 0 aliphatic carbocycles. The third-order valence-corrected chi connectivity index (χ3v) is 2.09. The lowest BCUT2D eigenvalue weighted by atomic mass is 10.2. The highest BCUT2D eigenvalue weighted by atomic mass is 35.5. The average Bonchev–Trinajstić information content (AvgIpc) is 2.15. The Morgan fingerprint density at radius 1 is 1.50 bits per heavy atom. The van der Waals surface area contributed by atoms with Crippen LogP contribution in [0, 0.1) is 5.82 Å². The van der Waals surface area contributed by atoms with Gasteiger partial charge in [-0.15, -0.1) is 0 Å². The predicted molar refractivity (Wildman–Crippen MR) is 57.2 cm³/mol. The number of aromatic nitrogens is 1. The van der Waals surface area contributed by atoms with Crippen LogP contribution in [0.15, 0.2) is 12.3 Å². The van der Waals surface area contributed by atoms with Crippen LogP contribution in [0.1, 0.15) is 26.2 Å². The maximum atomic E-state index is 13.2. The topological polar surface area (TPSA) is 24.9 Å². The zero-order valence-electron chi connectivity index (χ0n) is 8.19. The van der Waals surface area contributed by atoms with Crippen molar-refractivity contribution in [3.63, 3.8) is 0 Å². The molecule has 0 spiro atoms. The standard InChI is InChI=1S/C10H14ClFN2/c1-2-3-4-5-13-10-9(12)6-8(11)7-14-10/h6-7H,2-5H2,1H3,(H,13,14). The van der Waals surface area contributed by atoms with Crippen molar-refractivity contribution in [1.82, 2.24) is 4.98 Å². The molecule has 0 saturated carbocycles. The molecule has 0 radical (unpaired) electrons. The first-order chi connectivity index (χ1) is 6.74. The van der Waals surface area contributed by atoms with E-state index in [1.165, 1.54) is 12.3 Å². The summed E-state index contributed by atoms with van der Waals surface area (Å²) in [5, 5.41) is 3.25. The highest BCUT2D eigenvalue weighted by molar-refractivity contribution is 6.30. The number of nitrogens with one attached hydrogen (secondary N) is 1. The normalized spacial score (nSPS) is 10.2. The zero-order valence-corrected chi connectivity index (χ0v) is 8.94. The van der Waals surface area contributed by atoms with Crippen LogP contribution in [0.2, 0.25) is 5.02 Å². The molecule has 0 aliphatic rings. The van der Waals surface area contributed by atoms with E-state index in [1.807, 2.05) is 0 Å². The summed E-state index contributed by atoms with van der Waals surface area (Å²) in [6.07, 6.45) is 4.76. The molecule has 0 aromatic carbocycles. The number of unbranched alkanes of at least 4 members (excludes halogenated alkanes) is 2. The monoisotopic (exact) mass is 216 g/mol. The Hall–Kier alpha value is -0.830. The molecule has 0 bridgehead atoms. The molecule has 0 fully saturated rings. The molecule has 1 rings (SSSR count). The van der Waals surface area contributed by atoms with Crippen molar-refractivity contribution in [2.24, 2.45) is 0 Å². The fourth-order valence-electron chi connectivity index (χ4n) is 1.13. The van der Waals surface area contributed by atoms with E-state index in [0.717, 1.165) is 25.8 Å². The van der Waals surface area contributed by atoms with Gasteiger partial charge in [0.15, 0.2) is 11.6 Å². The molecule has 1 heterocycles. The third-order valence-electron chi connectivity index (χ3n) is 1.88. The first kappa shape index (κ1) is 11.2. The van der Waals surface area contributed by atoms with Crippen LogP contribution in [-0.4, -0.2) is 11.5 Å². The second kappa shape index (κ2) is 5.81. The lowest BCUT2D eigenvalue weighted by Gasteiger charge is -2.05. The number of hydrogen-bond donors (Lipinski definition) is 1. The fourth-order valence-corrected chi connectivity index (χ4v) is 1.27. The number of pyridine rings is 1. The third kappa shape index (κ3) is 3.50. The van der Waals surface area contributed by atoms with Crippen LogP contribution in [0.4, 0.5) is 10.2 Å². The van der Waals surface area contributed by atoms with Crippen LogP contribution in [-0.2, 0) is 0 Å². The predicted octanol–water partition coefficient (Wildman–Crippen LogP) is 3.48. The van der Waals surface area contributed by atoms with Gasteiger partial charge in [-0.3, -0.25) is 0 Å². The van der Waals surface area contributed by atoms with E-state index in [2.05, 4.69) is 17.2 Å². The summed E-state index contributed by atoms with van der Waals surface area (Å²) >= 11 is 5.57. The summed E-state index contributed by atoms with van der Waals surface area (Å²) in [6.45, 7) is 2.88. The second-order valence-electron chi connectivity index (χ2n) is 3.12. The van der Waals surface area contributed by atoms with E-state index in [1.54, 1.807) is 0 Å². The van der Waals surface area contributed by atoms with Crippen molar-refractivity contribution < 1.29 is 4.39 Å². The molecule has 14 heavy (non-hydrogen) atoms. The van der Waals surface area contributed by atoms with Gasteiger partial charge in [0.1, 0.15) is 0 Å². The molecule has 0 amide bonds. The Bertz CT molecular complexity index is 291. The van der Waals surface area contributed by atoms with E-state index in [-0.39, 0.29) is 5.82 Å². The van der Waals surface area contributed by atoms with Gasteiger partial charge in [-0.2, -0.15) is 0 Å². The Morgan fingerprint density at radius 3 is 2.93 bits per heavy atom. The highest BCUT2D eigenvalue weighted by Crippen LogP contribution is 2.15. The molecular weight excluding hydrogens is 203 g/mol. The van der Waals surface area contributed by atoms with Gasteiger partial charge >= 0.3 is 0 Å². The number of rotatable bonds is 5. The van der Waals surface area contributed by atoms with Gasteiger partial charge in [0.2, 0.25) is 0 Å². The molecule has 78 valence electrons. The zero-order chi connectivity index (χ0) is 10.4. The van der Waals surface area contributed by atoms with Crippen LogP contribution >= 0.6 is 11.6 Å². The number of nitrogens with zero attached hydrogens (tertiary/aromatic N) is 1.